The number of carbonyl (C=O) groups excluding carboxylic acids is 1. The van der Waals surface area contributed by atoms with Crippen molar-refractivity contribution in [2.24, 2.45) is 0 Å². The minimum Gasteiger partial charge on any atom is -0.493 e. The zero-order valence-corrected chi connectivity index (χ0v) is 16.8. The zero-order valence-electron chi connectivity index (χ0n) is 16.8. The average Bonchev–Trinajstić information content (AvgIpc) is 3.22. The van der Waals surface area contributed by atoms with Gasteiger partial charge in [-0.15, -0.1) is 10.2 Å². The van der Waals surface area contributed by atoms with Gasteiger partial charge < -0.3 is 23.9 Å². The molecule has 1 amide bonds. The summed E-state index contributed by atoms with van der Waals surface area (Å²) in [7, 11) is 4.63. The molecular weight excluding hydrogens is 374 g/mol. The lowest BCUT2D eigenvalue weighted by molar-refractivity contribution is 0.0903. The van der Waals surface area contributed by atoms with E-state index in [1.54, 1.807) is 33.5 Å². The first-order valence-corrected chi connectivity index (χ1v) is 9.02. The van der Waals surface area contributed by atoms with Crippen LogP contribution in [0.15, 0.2) is 46.9 Å². The van der Waals surface area contributed by atoms with Gasteiger partial charge in [-0.25, -0.2) is 0 Å². The molecule has 3 rings (SSSR count). The summed E-state index contributed by atoms with van der Waals surface area (Å²) in [6.07, 6.45) is 0.311. The minimum atomic E-state index is -0.426. The van der Waals surface area contributed by atoms with E-state index >= 15 is 0 Å². The SMILES string of the molecule is COc1cc(Cc2nnc(C(=O)NC(C)c3ccccc3)o2)cc(OC)c1OC. The Balaban J connectivity index is 1.72. The highest BCUT2D eigenvalue weighted by molar-refractivity contribution is 5.89. The first-order valence-electron chi connectivity index (χ1n) is 9.02. The van der Waals surface area contributed by atoms with Crippen LogP contribution in [0.4, 0.5) is 0 Å². The summed E-state index contributed by atoms with van der Waals surface area (Å²) in [5.74, 6) is 1.34. The first kappa shape index (κ1) is 20.2. The molecule has 1 unspecified atom stereocenters. The van der Waals surface area contributed by atoms with Crippen molar-refractivity contribution in [2.75, 3.05) is 21.3 Å². The number of methoxy groups -OCH3 is 3. The molecule has 0 spiro atoms. The third kappa shape index (κ3) is 4.66. The van der Waals surface area contributed by atoms with Crippen LogP contribution >= 0.6 is 0 Å². The normalized spacial score (nSPS) is 11.6. The number of hydrogen-bond acceptors (Lipinski definition) is 7. The van der Waals surface area contributed by atoms with E-state index in [2.05, 4.69) is 15.5 Å². The molecule has 8 heteroatoms. The fraction of sp³-hybridized carbons (Fsp3) is 0.286. The molecule has 0 saturated carbocycles. The van der Waals surface area contributed by atoms with Gasteiger partial charge in [0.25, 0.3) is 0 Å². The summed E-state index contributed by atoms with van der Waals surface area (Å²) >= 11 is 0. The summed E-state index contributed by atoms with van der Waals surface area (Å²) in [6.45, 7) is 1.89. The predicted molar refractivity (Wildman–Crippen MR) is 106 cm³/mol. The van der Waals surface area contributed by atoms with Gasteiger partial charge in [-0.05, 0) is 30.2 Å². The lowest BCUT2D eigenvalue weighted by Gasteiger charge is -2.13. The molecule has 0 bridgehead atoms. The molecule has 0 radical (unpaired) electrons. The van der Waals surface area contributed by atoms with Crippen LogP contribution in [-0.2, 0) is 6.42 Å². The van der Waals surface area contributed by atoms with Gasteiger partial charge in [-0.3, -0.25) is 4.79 Å². The summed E-state index contributed by atoms with van der Waals surface area (Å²) in [4.78, 5) is 12.4. The van der Waals surface area contributed by atoms with Crippen molar-refractivity contribution in [1.82, 2.24) is 15.5 Å². The zero-order chi connectivity index (χ0) is 20.8. The van der Waals surface area contributed by atoms with Gasteiger partial charge in [0.15, 0.2) is 11.5 Å². The number of amides is 1. The van der Waals surface area contributed by atoms with Crippen molar-refractivity contribution in [3.63, 3.8) is 0 Å². The van der Waals surface area contributed by atoms with E-state index in [1.807, 2.05) is 37.3 Å². The molecular formula is C21H23N3O5. The van der Waals surface area contributed by atoms with Crippen LogP contribution in [0.2, 0.25) is 0 Å². The van der Waals surface area contributed by atoms with E-state index in [9.17, 15) is 4.79 Å². The van der Waals surface area contributed by atoms with Crippen molar-refractivity contribution in [1.29, 1.82) is 0 Å². The van der Waals surface area contributed by atoms with Gasteiger partial charge in [0.1, 0.15) is 0 Å². The largest absolute Gasteiger partial charge is 0.493 e. The molecule has 8 nitrogen and oxygen atoms in total. The van der Waals surface area contributed by atoms with E-state index in [0.717, 1.165) is 11.1 Å². The molecule has 2 aromatic carbocycles. The maximum atomic E-state index is 12.4. The van der Waals surface area contributed by atoms with Crippen LogP contribution in [0.1, 0.15) is 40.7 Å². The smallest absolute Gasteiger partial charge is 0.309 e. The second-order valence-electron chi connectivity index (χ2n) is 6.32. The molecule has 152 valence electrons. The van der Waals surface area contributed by atoms with Crippen molar-refractivity contribution in [3.8, 4) is 17.2 Å². The Hall–Kier alpha value is -3.55. The van der Waals surface area contributed by atoms with Crippen LogP contribution in [0.3, 0.4) is 0 Å². The highest BCUT2D eigenvalue weighted by Crippen LogP contribution is 2.38. The summed E-state index contributed by atoms with van der Waals surface area (Å²) in [5, 5.41) is 10.7. The molecule has 1 aromatic heterocycles. The fourth-order valence-corrected chi connectivity index (χ4v) is 2.91. The molecule has 1 heterocycles. The van der Waals surface area contributed by atoms with Gasteiger partial charge >= 0.3 is 11.8 Å². The second kappa shape index (κ2) is 9.09. The Morgan fingerprint density at radius 1 is 1.03 bits per heavy atom. The highest BCUT2D eigenvalue weighted by Gasteiger charge is 2.19. The van der Waals surface area contributed by atoms with Gasteiger partial charge in [-0.2, -0.15) is 0 Å². The molecule has 1 N–H and O–H groups in total. The second-order valence-corrected chi connectivity index (χ2v) is 6.32. The van der Waals surface area contributed by atoms with Gasteiger partial charge in [0, 0.05) is 0 Å². The number of ether oxygens (including phenoxy) is 3. The lowest BCUT2D eigenvalue weighted by Crippen LogP contribution is -2.26. The van der Waals surface area contributed by atoms with Gasteiger partial charge in [0.2, 0.25) is 11.6 Å². The number of rotatable bonds is 8. The Bertz CT molecular complexity index is 946. The Morgan fingerprint density at radius 3 is 2.28 bits per heavy atom. The quantitative estimate of drug-likeness (QED) is 0.624. The fourth-order valence-electron chi connectivity index (χ4n) is 2.91. The molecule has 0 aliphatic rings. The number of nitrogens with zero attached hydrogens (tertiary/aromatic N) is 2. The maximum Gasteiger partial charge on any atom is 0.309 e. The van der Waals surface area contributed by atoms with Crippen LogP contribution in [0, 0.1) is 0 Å². The van der Waals surface area contributed by atoms with Crippen molar-refractivity contribution >= 4 is 5.91 Å². The number of aromatic nitrogens is 2. The van der Waals surface area contributed by atoms with E-state index in [0.29, 0.717) is 29.6 Å². The predicted octanol–water partition coefficient (Wildman–Crippen LogP) is 3.18. The van der Waals surface area contributed by atoms with E-state index < -0.39 is 5.91 Å². The first-order chi connectivity index (χ1) is 14.0. The molecule has 3 aromatic rings. The van der Waals surface area contributed by atoms with E-state index in [4.69, 9.17) is 18.6 Å². The average molecular weight is 397 g/mol. The molecule has 0 aliphatic carbocycles. The van der Waals surface area contributed by atoms with E-state index in [1.165, 1.54) is 0 Å². The molecule has 1 atom stereocenters. The van der Waals surface area contributed by atoms with Crippen LogP contribution in [0.25, 0.3) is 0 Å². The minimum absolute atomic E-state index is 0.0878. The summed E-state index contributed by atoms with van der Waals surface area (Å²) < 4.78 is 21.6. The summed E-state index contributed by atoms with van der Waals surface area (Å²) in [6, 6.07) is 13.0. The molecule has 0 saturated heterocycles. The van der Waals surface area contributed by atoms with Crippen molar-refractivity contribution in [2.45, 2.75) is 19.4 Å². The number of hydrogen-bond donors (Lipinski definition) is 1. The van der Waals surface area contributed by atoms with Crippen molar-refractivity contribution < 1.29 is 23.4 Å². The Kier molecular flexibility index (Phi) is 6.33. The number of nitrogens with one attached hydrogen (secondary N) is 1. The third-order valence-electron chi connectivity index (χ3n) is 4.39. The third-order valence-corrected chi connectivity index (χ3v) is 4.39. The lowest BCUT2D eigenvalue weighted by atomic mass is 10.1. The standard InChI is InChI=1S/C21H23N3O5/c1-13(15-8-6-5-7-9-15)22-20(25)21-24-23-18(29-21)12-14-10-16(26-2)19(28-4)17(11-14)27-3/h5-11,13H,12H2,1-4H3,(H,22,25). The van der Waals surface area contributed by atoms with Crippen LogP contribution in [0.5, 0.6) is 17.2 Å². The molecule has 0 fully saturated rings. The molecule has 0 aliphatic heterocycles. The van der Waals surface area contributed by atoms with Crippen LogP contribution < -0.4 is 19.5 Å². The number of benzene rings is 2. The summed E-state index contributed by atoms with van der Waals surface area (Å²) in [5.41, 5.74) is 1.80. The van der Waals surface area contributed by atoms with Gasteiger partial charge in [0.05, 0.1) is 33.8 Å². The maximum absolute atomic E-state index is 12.4. The molecule has 29 heavy (non-hydrogen) atoms. The van der Waals surface area contributed by atoms with E-state index in [-0.39, 0.29) is 11.9 Å². The van der Waals surface area contributed by atoms with Crippen LogP contribution in [-0.4, -0.2) is 37.4 Å². The topological polar surface area (TPSA) is 95.7 Å². The highest BCUT2D eigenvalue weighted by atomic mass is 16.5. The Morgan fingerprint density at radius 2 is 1.69 bits per heavy atom. The van der Waals surface area contributed by atoms with Crippen molar-refractivity contribution in [3.05, 3.63) is 65.4 Å². The Labute approximate surface area is 168 Å². The van der Waals surface area contributed by atoms with Gasteiger partial charge in [-0.1, -0.05) is 30.3 Å². The monoisotopic (exact) mass is 397 g/mol. The number of carbonyl (C=O) groups is 1.